The Labute approximate surface area is 650 Å². The van der Waals surface area contributed by atoms with E-state index >= 15 is 0 Å². The molecular formula is C89H148O16P2. The largest absolute Gasteiger partial charge is 0.472 e. The fourth-order valence-electron chi connectivity index (χ4n) is 10.7. The van der Waals surface area contributed by atoms with Gasteiger partial charge in [-0.05, 0) is 148 Å². The maximum atomic E-state index is 13.0. The Morgan fingerprint density at radius 3 is 0.748 bits per heavy atom. The maximum absolute atomic E-state index is 13.0. The molecule has 5 atom stereocenters. The van der Waals surface area contributed by atoms with E-state index in [0.29, 0.717) is 19.3 Å². The van der Waals surface area contributed by atoms with E-state index in [2.05, 4.69) is 191 Å². The number of hydrogen-bond acceptors (Lipinski definition) is 14. The lowest BCUT2D eigenvalue weighted by molar-refractivity contribution is -0.161. The Bertz CT molecular complexity index is 2620. The summed E-state index contributed by atoms with van der Waals surface area (Å²) in [5.74, 6) is -1.64. The van der Waals surface area contributed by atoms with E-state index in [0.717, 1.165) is 154 Å². The van der Waals surface area contributed by atoms with Crippen LogP contribution in [-0.2, 0) is 55.8 Å². The minimum atomic E-state index is -4.95. The highest BCUT2D eigenvalue weighted by Gasteiger charge is 2.29. The van der Waals surface area contributed by atoms with E-state index < -0.39 is 91.5 Å². The molecule has 5 unspecified atom stereocenters. The van der Waals surface area contributed by atoms with E-state index in [1.54, 1.807) is 0 Å². The number of unbranched alkanes of at least 4 members (excludes halogenated alkanes) is 26. The van der Waals surface area contributed by atoms with Crippen LogP contribution in [0.3, 0.4) is 0 Å². The summed E-state index contributed by atoms with van der Waals surface area (Å²) in [7, 11) is -9.82. The van der Waals surface area contributed by atoms with Crippen molar-refractivity contribution in [2.24, 2.45) is 0 Å². The van der Waals surface area contributed by atoms with Crippen LogP contribution in [0.15, 0.2) is 170 Å². The van der Waals surface area contributed by atoms with Crippen molar-refractivity contribution in [1.29, 1.82) is 0 Å². The minimum absolute atomic E-state index is 0.0637. The molecule has 0 aliphatic carbocycles. The van der Waals surface area contributed by atoms with Crippen LogP contribution >= 0.6 is 15.6 Å². The number of carbonyl (C=O) groups is 3. The molecule has 18 heteroatoms. The minimum Gasteiger partial charge on any atom is -0.463 e. The summed E-state index contributed by atoms with van der Waals surface area (Å²) in [6.45, 7) is 2.27. The van der Waals surface area contributed by atoms with Crippen LogP contribution in [0.2, 0.25) is 0 Å². The molecule has 0 radical (unpaired) electrons. The second kappa shape index (κ2) is 80.4. The number of ether oxygens (including phenoxy) is 3. The van der Waals surface area contributed by atoms with Crippen LogP contribution < -0.4 is 0 Å². The molecule has 0 saturated carbocycles. The number of phosphoric ester groups is 2. The molecule has 4 N–H and O–H groups in total. The number of rotatable bonds is 77. The molecule has 0 amide bonds. The van der Waals surface area contributed by atoms with Gasteiger partial charge in [-0.15, -0.1) is 0 Å². The molecule has 610 valence electrons. The molecule has 0 rings (SSSR count). The van der Waals surface area contributed by atoms with Crippen LogP contribution in [0.25, 0.3) is 0 Å². The van der Waals surface area contributed by atoms with E-state index in [4.69, 9.17) is 32.3 Å². The van der Waals surface area contributed by atoms with Crippen molar-refractivity contribution >= 4 is 33.6 Å². The summed E-state index contributed by atoms with van der Waals surface area (Å²) in [4.78, 5) is 58.7. The Morgan fingerprint density at radius 2 is 0.467 bits per heavy atom. The van der Waals surface area contributed by atoms with E-state index in [9.17, 15) is 43.5 Å². The van der Waals surface area contributed by atoms with Gasteiger partial charge < -0.3 is 34.2 Å². The number of esters is 3. The molecule has 0 fully saturated rings. The van der Waals surface area contributed by atoms with Crippen LogP contribution in [0.1, 0.15) is 316 Å². The number of hydrogen-bond donors (Lipinski definition) is 4. The number of allylic oxidation sites excluding steroid dienone is 28. The van der Waals surface area contributed by atoms with E-state index in [-0.39, 0.29) is 19.3 Å². The van der Waals surface area contributed by atoms with Gasteiger partial charge in [0.25, 0.3) is 0 Å². The lowest BCUT2D eigenvalue weighted by atomic mass is 10.0. The first-order valence-electron chi connectivity index (χ1n) is 41.4. The van der Waals surface area contributed by atoms with Crippen molar-refractivity contribution in [3.63, 3.8) is 0 Å². The second-order valence-electron chi connectivity index (χ2n) is 27.1. The van der Waals surface area contributed by atoms with Crippen LogP contribution in [0.5, 0.6) is 0 Å². The van der Waals surface area contributed by atoms with Gasteiger partial charge in [0.15, 0.2) is 6.10 Å². The number of carbonyl (C=O) groups excluding carboxylic acids is 3. The first-order chi connectivity index (χ1) is 52.2. The van der Waals surface area contributed by atoms with Crippen molar-refractivity contribution in [1.82, 2.24) is 0 Å². The van der Waals surface area contributed by atoms with Gasteiger partial charge in [-0.2, -0.15) is 0 Å². The number of aliphatic hydroxyl groups is 2. The third-order valence-corrected chi connectivity index (χ3v) is 18.8. The Morgan fingerprint density at radius 1 is 0.262 bits per heavy atom. The van der Waals surface area contributed by atoms with Gasteiger partial charge in [-0.3, -0.25) is 32.5 Å². The molecular weight excluding hydrogens is 1390 g/mol. The Hall–Kier alpha value is -5.09. The summed E-state index contributed by atoms with van der Waals surface area (Å²) in [5, 5.41) is 20.7. The summed E-state index contributed by atoms with van der Waals surface area (Å²) >= 11 is 0. The molecule has 0 aromatic heterocycles. The predicted octanol–water partition coefficient (Wildman–Crippen LogP) is 24.8. The summed E-state index contributed by atoms with van der Waals surface area (Å²) < 4.78 is 61.1. The molecule has 0 aliphatic rings. The topological polar surface area (TPSA) is 231 Å². The molecule has 0 aromatic carbocycles. The maximum Gasteiger partial charge on any atom is 0.472 e. The summed E-state index contributed by atoms with van der Waals surface area (Å²) in [6, 6.07) is 0. The molecule has 0 saturated heterocycles. The molecule has 107 heavy (non-hydrogen) atoms. The van der Waals surface area contributed by atoms with Crippen LogP contribution in [0.4, 0.5) is 0 Å². The predicted molar refractivity (Wildman–Crippen MR) is 445 cm³/mol. The number of phosphoric acid groups is 2. The average Bonchev–Trinajstić information content (AvgIpc) is 0.907. The quantitative estimate of drug-likeness (QED) is 0.0146. The zero-order chi connectivity index (χ0) is 78.0. The van der Waals surface area contributed by atoms with Crippen molar-refractivity contribution in [2.45, 2.75) is 334 Å². The zero-order valence-corrected chi connectivity index (χ0v) is 68.5. The smallest absolute Gasteiger partial charge is 0.463 e. The van der Waals surface area contributed by atoms with Gasteiger partial charge in [-0.1, -0.05) is 319 Å². The molecule has 0 spiro atoms. The second-order valence-corrected chi connectivity index (χ2v) is 30.0. The third kappa shape index (κ3) is 81.7. The van der Waals surface area contributed by atoms with Gasteiger partial charge in [0.1, 0.15) is 25.4 Å². The lowest BCUT2D eigenvalue weighted by Gasteiger charge is -2.21. The molecule has 0 bridgehead atoms. The van der Waals surface area contributed by atoms with Gasteiger partial charge in [-0.25, -0.2) is 9.13 Å². The molecule has 0 aromatic rings. The van der Waals surface area contributed by atoms with Crippen molar-refractivity contribution in [2.75, 3.05) is 39.6 Å². The van der Waals surface area contributed by atoms with Crippen LogP contribution in [0, 0.1) is 0 Å². The monoisotopic (exact) mass is 1540 g/mol. The van der Waals surface area contributed by atoms with Gasteiger partial charge in [0.05, 0.1) is 26.4 Å². The van der Waals surface area contributed by atoms with Crippen LogP contribution in [-0.4, -0.2) is 95.9 Å². The van der Waals surface area contributed by atoms with Gasteiger partial charge in [0.2, 0.25) is 0 Å². The molecule has 0 aliphatic heterocycles. The third-order valence-electron chi connectivity index (χ3n) is 16.9. The Kier molecular flexibility index (Phi) is 76.6. The SMILES string of the molecule is CC/C=C\C/C=C\C/C=C\C/C=C\C/C=C\CCCCCCCCCCCCCCCCCCCCCC(=O)OCC(O)COP(=O)(O)OCC(O)COP(=O)(O)OCC(COC(=O)CCCCC/C=C\C/C=C\C/C=C\C/C=C\C/C=C\CC)OC(=O)CCCCCC/C=C\C/C=C\C/C=C\C/C=C\CC. The van der Waals surface area contributed by atoms with Crippen molar-refractivity contribution < 1.29 is 75.8 Å². The standard InChI is InChI=1S/C89H148O16P2/c1-4-7-10-13-16-19-22-25-28-31-33-34-35-36-37-38-39-40-41-42-43-44-45-46-47-48-50-53-54-57-60-63-66-69-72-75-87(92)99-78-84(90)79-101-106(95,96)102-80-85(91)81-103-107(97,98)104-83-86(105-89(94)77-74-71-68-65-62-59-56-51-30-27-24-21-18-15-12-9-6-3)82-100-88(93)76-73-70-67-64-61-58-55-52-49-32-29-26-23-20-17-14-11-8-5-2/h7-12,16-21,25-30,33-34,36-37,49,52,56,58-59,61,84-86,90-91H,4-6,13-15,22-24,31-32,35,38-48,50-51,53-55,57,60,62-83H2,1-3H3,(H,95,96)(H,97,98)/b10-7-,11-8-,12-9-,19-16-,20-17-,21-18-,28-25-,29-26-,30-27-,34-33-,37-36-,52-49-,59-56-,61-58-. The van der Waals surface area contributed by atoms with Gasteiger partial charge in [0, 0.05) is 19.3 Å². The fraction of sp³-hybridized carbons (Fsp3) is 0.652. The zero-order valence-electron chi connectivity index (χ0n) is 66.7. The Balaban J connectivity index is 4.47. The first-order valence-corrected chi connectivity index (χ1v) is 44.4. The fourth-order valence-corrected chi connectivity index (χ4v) is 12.3. The van der Waals surface area contributed by atoms with E-state index in [1.165, 1.54) is 103 Å². The highest BCUT2D eigenvalue weighted by atomic mass is 31.2. The van der Waals surface area contributed by atoms with Crippen molar-refractivity contribution in [3.8, 4) is 0 Å². The highest BCUT2D eigenvalue weighted by molar-refractivity contribution is 7.47. The lowest BCUT2D eigenvalue weighted by Crippen LogP contribution is -2.30. The van der Waals surface area contributed by atoms with Crippen molar-refractivity contribution in [3.05, 3.63) is 170 Å². The molecule has 16 nitrogen and oxygen atoms in total. The number of aliphatic hydroxyl groups excluding tert-OH is 2. The normalized spacial score (nSPS) is 14.8. The van der Waals surface area contributed by atoms with E-state index in [1.807, 2.05) is 0 Å². The first kappa shape index (κ1) is 102. The molecule has 0 heterocycles. The summed E-state index contributed by atoms with van der Waals surface area (Å²) in [5.41, 5.74) is 0. The summed E-state index contributed by atoms with van der Waals surface area (Å²) in [6.07, 6.45) is 103. The average molecular weight is 1540 g/mol. The van der Waals surface area contributed by atoms with Gasteiger partial charge >= 0.3 is 33.6 Å². The highest BCUT2D eigenvalue weighted by Crippen LogP contribution is 2.45.